The normalized spacial score (nSPS) is 12.8. The van der Waals surface area contributed by atoms with Gasteiger partial charge in [-0.25, -0.2) is 0 Å². The van der Waals surface area contributed by atoms with E-state index in [0.717, 1.165) is 0 Å². The lowest BCUT2D eigenvalue weighted by atomic mass is 10.1. The van der Waals surface area contributed by atoms with Crippen LogP contribution in [0.1, 0.15) is 18.0 Å². The number of hydrogen-bond donors (Lipinski definition) is 2. The second kappa shape index (κ2) is 5.48. The van der Waals surface area contributed by atoms with E-state index < -0.39 is 30.5 Å². The minimum atomic E-state index is -5.06. The molecule has 1 aromatic heterocycles. The van der Waals surface area contributed by atoms with Crippen molar-refractivity contribution in [2.45, 2.75) is 18.6 Å². The molecule has 1 amide bonds. The van der Waals surface area contributed by atoms with Crippen LogP contribution in [0, 0.1) is 0 Å². The number of alkyl halides is 3. The van der Waals surface area contributed by atoms with Gasteiger partial charge in [0.25, 0.3) is 0 Å². The van der Waals surface area contributed by atoms with Gasteiger partial charge in [-0.3, -0.25) is 14.6 Å². The van der Waals surface area contributed by atoms with Crippen molar-refractivity contribution in [3.8, 4) is 0 Å². The van der Waals surface area contributed by atoms with Crippen molar-refractivity contribution in [1.82, 2.24) is 10.3 Å². The van der Waals surface area contributed by atoms with Crippen LogP contribution in [-0.2, 0) is 9.59 Å². The van der Waals surface area contributed by atoms with E-state index in [0.29, 0.717) is 0 Å². The molecule has 0 aliphatic carbocycles. The van der Waals surface area contributed by atoms with Gasteiger partial charge in [0.2, 0.25) is 0 Å². The number of pyridine rings is 1. The number of aliphatic carboxylic acids is 1. The first kappa shape index (κ1) is 13.9. The van der Waals surface area contributed by atoms with E-state index in [2.05, 4.69) is 4.98 Å². The summed E-state index contributed by atoms with van der Waals surface area (Å²) >= 11 is 0. The zero-order valence-electron chi connectivity index (χ0n) is 8.94. The average molecular weight is 262 g/mol. The van der Waals surface area contributed by atoms with Crippen LogP contribution in [0.4, 0.5) is 13.2 Å². The van der Waals surface area contributed by atoms with Crippen LogP contribution in [0.25, 0.3) is 0 Å². The van der Waals surface area contributed by atoms with Gasteiger partial charge in [0.1, 0.15) is 0 Å². The Labute approximate surface area is 99.6 Å². The van der Waals surface area contributed by atoms with E-state index >= 15 is 0 Å². The van der Waals surface area contributed by atoms with Crippen LogP contribution in [0.15, 0.2) is 24.5 Å². The molecular weight excluding hydrogens is 253 g/mol. The number of nitrogens with one attached hydrogen (secondary N) is 1. The fourth-order valence-corrected chi connectivity index (χ4v) is 1.25. The number of hydrogen-bond acceptors (Lipinski definition) is 3. The molecule has 2 N–H and O–H groups in total. The van der Waals surface area contributed by atoms with Crippen LogP contribution < -0.4 is 5.32 Å². The van der Waals surface area contributed by atoms with E-state index in [1.54, 1.807) is 5.32 Å². The summed E-state index contributed by atoms with van der Waals surface area (Å²) in [4.78, 5) is 25.0. The molecule has 8 heteroatoms. The molecule has 0 bridgehead atoms. The topological polar surface area (TPSA) is 79.3 Å². The van der Waals surface area contributed by atoms with Crippen molar-refractivity contribution in [2.24, 2.45) is 0 Å². The monoisotopic (exact) mass is 262 g/mol. The fourth-order valence-electron chi connectivity index (χ4n) is 1.25. The van der Waals surface area contributed by atoms with Crippen molar-refractivity contribution in [2.75, 3.05) is 0 Å². The molecule has 1 rings (SSSR count). The Morgan fingerprint density at radius 3 is 2.56 bits per heavy atom. The summed E-state index contributed by atoms with van der Waals surface area (Å²) in [6, 6.07) is 1.55. The van der Waals surface area contributed by atoms with Crippen LogP contribution in [0.3, 0.4) is 0 Å². The molecule has 0 saturated heterocycles. The van der Waals surface area contributed by atoms with Gasteiger partial charge in [-0.1, -0.05) is 6.07 Å². The molecule has 0 radical (unpaired) electrons. The Hall–Kier alpha value is -2.12. The van der Waals surface area contributed by atoms with Crippen molar-refractivity contribution < 1.29 is 27.9 Å². The molecule has 18 heavy (non-hydrogen) atoms. The Morgan fingerprint density at radius 1 is 1.44 bits per heavy atom. The zero-order chi connectivity index (χ0) is 13.8. The van der Waals surface area contributed by atoms with E-state index in [1.165, 1.54) is 24.5 Å². The summed E-state index contributed by atoms with van der Waals surface area (Å²) in [7, 11) is 0. The lowest BCUT2D eigenvalue weighted by Crippen LogP contribution is -2.39. The first-order chi connectivity index (χ1) is 8.30. The first-order valence-corrected chi connectivity index (χ1v) is 4.80. The number of carbonyl (C=O) groups excluding carboxylic acids is 1. The molecule has 98 valence electrons. The first-order valence-electron chi connectivity index (χ1n) is 4.80. The number of carboxylic acids is 1. The Balaban J connectivity index is 2.87. The van der Waals surface area contributed by atoms with Crippen molar-refractivity contribution >= 4 is 11.9 Å². The SMILES string of the molecule is O=C(O)CC(NC(=O)C(F)(F)F)c1cccnc1. The number of halogens is 3. The van der Waals surface area contributed by atoms with Crippen molar-refractivity contribution in [1.29, 1.82) is 0 Å². The van der Waals surface area contributed by atoms with Gasteiger partial charge in [0.05, 0.1) is 12.5 Å². The van der Waals surface area contributed by atoms with E-state index in [-0.39, 0.29) is 5.56 Å². The third-order valence-corrected chi connectivity index (χ3v) is 2.03. The largest absolute Gasteiger partial charge is 0.481 e. The lowest BCUT2D eigenvalue weighted by molar-refractivity contribution is -0.174. The number of nitrogens with zero attached hydrogens (tertiary/aromatic N) is 1. The average Bonchev–Trinajstić information content (AvgIpc) is 2.27. The molecule has 0 saturated carbocycles. The molecule has 0 fully saturated rings. The predicted octanol–water partition coefficient (Wildman–Crippen LogP) is 1.28. The second-order valence-corrected chi connectivity index (χ2v) is 3.41. The summed E-state index contributed by atoms with van der Waals surface area (Å²) in [6.45, 7) is 0. The molecule has 1 heterocycles. The van der Waals surface area contributed by atoms with Gasteiger partial charge in [0, 0.05) is 12.4 Å². The zero-order valence-corrected chi connectivity index (χ0v) is 8.94. The quantitative estimate of drug-likeness (QED) is 0.856. The molecule has 1 atom stereocenters. The summed E-state index contributed by atoms with van der Waals surface area (Å²) in [6.07, 6.45) is -3.14. The Bertz CT molecular complexity index is 434. The molecule has 1 aromatic rings. The molecule has 0 aliphatic heterocycles. The van der Waals surface area contributed by atoms with Gasteiger partial charge in [0.15, 0.2) is 0 Å². The van der Waals surface area contributed by atoms with Gasteiger partial charge >= 0.3 is 18.1 Å². The number of rotatable bonds is 4. The van der Waals surface area contributed by atoms with E-state index in [1.807, 2.05) is 0 Å². The summed E-state index contributed by atoms with van der Waals surface area (Å²) in [5.74, 6) is -3.51. The molecule has 5 nitrogen and oxygen atoms in total. The highest BCUT2D eigenvalue weighted by Crippen LogP contribution is 2.20. The maximum Gasteiger partial charge on any atom is 0.471 e. The third kappa shape index (κ3) is 4.04. The Morgan fingerprint density at radius 2 is 2.11 bits per heavy atom. The van der Waals surface area contributed by atoms with Crippen molar-refractivity contribution in [3.63, 3.8) is 0 Å². The minimum absolute atomic E-state index is 0.192. The smallest absolute Gasteiger partial charge is 0.471 e. The molecule has 0 aromatic carbocycles. The fraction of sp³-hybridized carbons (Fsp3) is 0.300. The third-order valence-electron chi connectivity index (χ3n) is 2.03. The number of aromatic nitrogens is 1. The lowest BCUT2D eigenvalue weighted by Gasteiger charge is -2.17. The highest BCUT2D eigenvalue weighted by molar-refractivity contribution is 5.82. The summed E-state index contributed by atoms with van der Waals surface area (Å²) < 4.78 is 36.3. The molecule has 0 aliphatic rings. The number of carbonyl (C=O) groups is 2. The van der Waals surface area contributed by atoms with Gasteiger partial charge in [-0.05, 0) is 11.6 Å². The van der Waals surface area contributed by atoms with Gasteiger partial charge < -0.3 is 10.4 Å². The van der Waals surface area contributed by atoms with E-state index in [9.17, 15) is 22.8 Å². The Kier molecular flexibility index (Phi) is 4.24. The van der Waals surface area contributed by atoms with Gasteiger partial charge in [-0.2, -0.15) is 13.2 Å². The number of carboxylic acid groups (broad SMARTS) is 1. The standard InChI is InChI=1S/C10H9F3N2O3/c11-10(12,13)9(18)15-7(4-8(16)17)6-2-1-3-14-5-6/h1-3,5,7H,4H2,(H,15,18)(H,16,17). The highest BCUT2D eigenvalue weighted by Gasteiger charge is 2.40. The van der Waals surface area contributed by atoms with E-state index in [4.69, 9.17) is 5.11 Å². The maximum atomic E-state index is 12.1. The highest BCUT2D eigenvalue weighted by atomic mass is 19.4. The van der Waals surface area contributed by atoms with Crippen LogP contribution >= 0.6 is 0 Å². The molecular formula is C10H9F3N2O3. The second-order valence-electron chi connectivity index (χ2n) is 3.41. The van der Waals surface area contributed by atoms with Crippen LogP contribution in [0.5, 0.6) is 0 Å². The maximum absolute atomic E-state index is 12.1. The summed E-state index contributed by atoms with van der Waals surface area (Å²) in [5, 5.41) is 10.2. The van der Waals surface area contributed by atoms with Gasteiger partial charge in [-0.15, -0.1) is 0 Å². The van der Waals surface area contributed by atoms with Crippen LogP contribution in [-0.4, -0.2) is 28.1 Å². The summed E-state index contributed by atoms with van der Waals surface area (Å²) in [5.41, 5.74) is 0.192. The number of amides is 1. The molecule has 0 spiro atoms. The molecule has 1 unspecified atom stereocenters. The van der Waals surface area contributed by atoms with Crippen molar-refractivity contribution in [3.05, 3.63) is 30.1 Å². The predicted molar refractivity (Wildman–Crippen MR) is 53.4 cm³/mol. The minimum Gasteiger partial charge on any atom is -0.481 e. The van der Waals surface area contributed by atoms with Crippen LogP contribution in [0.2, 0.25) is 0 Å².